The standard InChI is InChI=1S/C16H20N2O3/c1-3-18(8-7-15(20)21)14(19)9-12-10-17-13-6-4-5-11(2)16(12)13/h4-6,10,17H,3,7-9H2,1-2H3,(H,20,21). The molecule has 112 valence electrons. The second kappa shape index (κ2) is 6.43. The molecule has 0 saturated carbocycles. The van der Waals surface area contributed by atoms with Crippen LogP contribution < -0.4 is 0 Å². The number of nitrogens with one attached hydrogen (secondary N) is 1. The van der Waals surface area contributed by atoms with Gasteiger partial charge in [0.1, 0.15) is 0 Å². The fourth-order valence-corrected chi connectivity index (χ4v) is 2.56. The summed E-state index contributed by atoms with van der Waals surface area (Å²) < 4.78 is 0. The third-order valence-corrected chi connectivity index (χ3v) is 3.67. The highest BCUT2D eigenvalue weighted by atomic mass is 16.4. The lowest BCUT2D eigenvalue weighted by Gasteiger charge is -2.19. The van der Waals surface area contributed by atoms with Crippen molar-refractivity contribution in [2.75, 3.05) is 13.1 Å². The third-order valence-electron chi connectivity index (χ3n) is 3.67. The van der Waals surface area contributed by atoms with E-state index in [0.717, 1.165) is 22.0 Å². The summed E-state index contributed by atoms with van der Waals surface area (Å²) in [5.74, 6) is -0.924. The number of nitrogens with zero attached hydrogens (tertiary/aromatic N) is 1. The van der Waals surface area contributed by atoms with Gasteiger partial charge in [-0.25, -0.2) is 0 Å². The molecule has 0 bridgehead atoms. The van der Waals surface area contributed by atoms with Gasteiger partial charge >= 0.3 is 5.97 Å². The number of likely N-dealkylation sites (N-methyl/N-ethyl adjacent to an activating group) is 1. The number of H-pyrrole nitrogens is 1. The summed E-state index contributed by atoms with van der Waals surface area (Å²) in [5, 5.41) is 9.81. The van der Waals surface area contributed by atoms with Crippen LogP contribution in [0.25, 0.3) is 10.9 Å². The molecule has 21 heavy (non-hydrogen) atoms. The number of aryl methyl sites for hydroxylation is 1. The van der Waals surface area contributed by atoms with Gasteiger partial charge in [-0.3, -0.25) is 9.59 Å². The van der Waals surface area contributed by atoms with Gasteiger partial charge in [0, 0.05) is 30.2 Å². The van der Waals surface area contributed by atoms with E-state index in [2.05, 4.69) is 4.98 Å². The Balaban J connectivity index is 2.15. The van der Waals surface area contributed by atoms with Crippen molar-refractivity contribution < 1.29 is 14.7 Å². The molecule has 0 aliphatic rings. The molecule has 2 N–H and O–H groups in total. The van der Waals surface area contributed by atoms with Crippen LogP contribution in [-0.2, 0) is 16.0 Å². The summed E-state index contributed by atoms with van der Waals surface area (Å²) >= 11 is 0. The average Bonchev–Trinajstić information content (AvgIpc) is 2.83. The van der Waals surface area contributed by atoms with Crippen LogP contribution in [0.1, 0.15) is 24.5 Å². The molecule has 2 aromatic rings. The zero-order valence-electron chi connectivity index (χ0n) is 12.3. The molecule has 0 fully saturated rings. The van der Waals surface area contributed by atoms with Crippen LogP contribution in [0.4, 0.5) is 0 Å². The number of aliphatic carboxylic acids is 1. The number of aromatic amines is 1. The van der Waals surface area contributed by atoms with E-state index in [9.17, 15) is 9.59 Å². The van der Waals surface area contributed by atoms with Gasteiger partial charge in [0.15, 0.2) is 0 Å². The lowest BCUT2D eigenvalue weighted by molar-refractivity contribution is -0.138. The summed E-state index contributed by atoms with van der Waals surface area (Å²) in [5.41, 5.74) is 3.11. The largest absolute Gasteiger partial charge is 0.481 e. The molecule has 5 nitrogen and oxygen atoms in total. The number of carboxylic acids is 1. The van der Waals surface area contributed by atoms with Crippen LogP contribution in [0.2, 0.25) is 0 Å². The van der Waals surface area contributed by atoms with Gasteiger partial charge in [0.25, 0.3) is 0 Å². The number of aromatic nitrogens is 1. The van der Waals surface area contributed by atoms with Gasteiger partial charge in [-0.1, -0.05) is 12.1 Å². The predicted molar refractivity (Wildman–Crippen MR) is 81.2 cm³/mol. The Hall–Kier alpha value is -2.30. The van der Waals surface area contributed by atoms with E-state index in [1.165, 1.54) is 0 Å². The molecule has 1 amide bonds. The Kier molecular flexibility index (Phi) is 4.62. The molecule has 0 radical (unpaired) electrons. The summed E-state index contributed by atoms with van der Waals surface area (Å²) in [6, 6.07) is 5.98. The Bertz CT molecular complexity index is 661. The molecule has 0 unspecified atom stereocenters. The molecule has 0 aliphatic heterocycles. The highest BCUT2D eigenvalue weighted by Gasteiger charge is 2.16. The van der Waals surface area contributed by atoms with E-state index >= 15 is 0 Å². The number of hydrogen-bond acceptors (Lipinski definition) is 2. The number of rotatable bonds is 6. The van der Waals surface area contributed by atoms with Crippen LogP contribution in [0.5, 0.6) is 0 Å². The molecule has 0 atom stereocenters. The maximum absolute atomic E-state index is 12.3. The van der Waals surface area contributed by atoms with Crippen molar-refractivity contribution in [1.82, 2.24) is 9.88 Å². The van der Waals surface area contributed by atoms with Crippen LogP contribution >= 0.6 is 0 Å². The number of carbonyl (C=O) groups excluding carboxylic acids is 1. The number of hydrogen-bond donors (Lipinski definition) is 2. The minimum Gasteiger partial charge on any atom is -0.481 e. The van der Waals surface area contributed by atoms with Crippen molar-refractivity contribution in [2.45, 2.75) is 26.7 Å². The van der Waals surface area contributed by atoms with Gasteiger partial charge in [-0.05, 0) is 31.0 Å². The monoisotopic (exact) mass is 288 g/mol. The van der Waals surface area contributed by atoms with Crippen LogP contribution in [0.15, 0.2) is 24.4 Å². The minimum absolute atomic E-state index is 0.0213. The van der Waals surface area contributed by atoms with Crippen molar-refractivity contribution in [3.63, 3.8) is 0 Å². The van der Waals surface area contributed by atoms with E-state index in [4.69, 9.17) is 5.11 Å². The maximum Gasteiger partial charge on any atom is 0.305 e. The zero-order chi connectivity index (χ0) is 15.4. The highest BCUT2D eigenvalue weighted by Crippen LogP contribution is 2.22. The molecule has 0 aliphatic carbocycles. The van der Waals surface area contributed by atoms with Crippen LogP contribution in [-0.4, -0.2) is 40.0 Å². The number of amides is 1. The number of fused-ring (bicyclic) bond motifs is 1. The summed E-state index contributed by atoms with van der Waals surface area (Å²) in [4.78, 5) is 27.7. The van der Waals surface area contributed by atoms with Crippen molar-refractivity contribution in [3.8, 4) is 0 Å². The molecule has 5 heteroatoms. The first-order valence-corrected chi connectivity index (χ1v) is 7.08. The Morgan fingerprint density at radius 1 is 1.33 bits per heavy atom. The van der Waals surface area contributed by atoms with E-state index in [-0.39, 0.29) is 25.3 Å². The smallest absolute Gasteiger partial charge is 0.305 e. The number of carbonyl (C=O) groups is 2. The molecule has 1 aromatic heterocycles. The molecule has 0 spiro atoms. The second-order valence-electron chi connectivity index (χ2n) is 5.11. The highest BCUT2D eigenvalue weighted by molar-refractivity contribution is 5.91. The van der Waals surface area contributed by atoms with E-state index in [0.29, 0.717) is 6.54 Å². The first kappa shape index (κ1) is 15.1. The maximum atomic E-state index is 12.3. The summed E-state index contributed by atoms with van der Waals surface area (Å²) in [6.07, 6.45) is 2.13. The minimum atomic E-state index is -0.885. The molecule has 0 saturated heterocycles. The van der Waals surface area contributed by atoms with Crippen molar-refractivity contribution in [2.24, 2.45) is 0 Å². The molecule has 2 rings (SSSR count). The van der Waals surface area contributed by atoms with E-state index < -0.39 is 5.97 Å². The lowest BCUT2D eigenvalue weighted by Crippen LogP contribution is -2.33. The average molecular weight is 288 g/mol. The Morgan fingerprint density at radius 3 is 2.76 bits per heavy atom. The third kappa shape index (κ3) is 3.42. The lowest BCUT2D eigenvalue weighted by atomic mass is 10.0. The van der Waals surface area contributed by atoms with Crippen molar-refractivity contribution in [3.05, 3.63) is 35.5 Å². The molecule has 1 heterocycles. The number of benzene rings is 1. The van der Waals surface area contributed by atoms with E-state index in [1.807, 2.05) is 38.2 Å². The predicted octanol–water partition coefficient (Wildman–Crippen LogP) is 2.34. The fraction of sp³-hybridized carbons (Fsp3) is 0.375. The first-order chi connectivity index (χ1) is 10.0. The topological polar surface area (TPSA) is 73.4 Å². The number of carboxylic acid groups (broad SMARTS) is 1. The molecular formula is C16H20N2O3. The van der Waals surface area contributed by atoms with Gasteiger partial charge < -0.3 is 15.0 Å². The van der Waals surface area contributed by atoms with Gasteiger partial charge in [0.05, 0.1) is 12.8 Å². The SMILES string of the molecule is CCN(CCC(=O)O)C(=O)Cc1c[nH]c2cccc(C)c12. The summed E-state index contributed by atoms with van der Waals surface area (Å²) in [6.45, 7) is 4.66. The Morgan fingerprint density at radius 2 is 2.10 bits per heavy atom. The van der Waals surface area contributed by atoms with Gasteiger partial charge in [0.2, 0.25) is 5.91 Å². The van der Waals surface area contributed by atoms with Crippen LogP contribution in [0.3, 0.4) is 0 Å². The van der Waals surface area contributed by atoms with Crippen molar-refractivity contribution in [1.29, 1.82) is 0 Å². The van der Waals surface area contributed by atoms with E-state index in [1.54, 1.807) is 4.90 Å². The fourth-order valence-electron chi connectivity index (χ4n) is 2.56. The normalized spacial score (nSPS) is 10.8. The molecular weight excluding hydrogens is 268 g/mol. The summed E-state index contributed by atoms with van der Waals surface area (Å²) in [7, 11) is 0. The quantitative estimate of drug-likeness (QED) is 0.857. The van der Waals surface area contributed by atoms with Gasteiger partial charge in [-0.2, -0.15) is 0 Å². The van der Waals surface area contributed by atoms with Gasteiger partial charge in [-0.15, -0.1) is 0 Å². The van der Waals surface area contributed by atoms with Crippen molar-refractivity contribution >= 4 is 22.8 Å². The van der Waals surface area contributed by atoms with Crippen LogP contribution in [0, 0.1) is 6.92 Å². The Labute approximate surface area is 123 Å². The molecule has 1 aromatic carbocycles. The zero-order valence-corrected chi connectivity index (χ0v) is 12.3. The second-order valence-corrected chi connectivity index (χ2v) is 5.11. The first-order valence-electron chi connectivity index (χ1n) is 7.08.